The van der Waals surface area contributed by atoms with Gasteiger partial charge in [0.15, 0.2) is 6.61 Å². The van der Waals surface area contributed by atoms with Gasteiger partial charge in [-0.25, -0.2) is 9.69 Å². The number of hydrogen-bond donors (Lipinski definition) is 0. The molecule has 1 saturated heterocycles. The molecule has 7 nitrogen and oxygen atoms in total. The molecule has 17 heavy (non-hydrogen) atoms. The van der Waals surface area contributed by atoms with Gasteiger partial charge in [0.05, 0.1) is 11.5 Å². The number of nitrogens with zero attached hydrogens (tertiary/aromatic N) is 2. The summed E-state index contributed by atoms with van der Waals surface area (Å²) >= 11 is 0. The van der Waals surface area contributed by atoms with Gasteiger partial charge in [0, 0.05) is 12.1 Å². The summed E-state index contributed by atoms with van der Waals surface area (Å²) in [6, 6.07) is 5.76. The molecule has 1 aliphatic heterocycles. The van der Waals surface area contributed by atoms with Crippen LogP contribution in [0.2, 0.25) is 0 Å². The molecule has 0 bridgehead atoms. The molecule has 1 fully saturated rings. The van der Waals surface area contributed by atoms with Crippen molar-refractivity contribution >= 4 is 17.7 Å². The number of nitro groups is 1. The zero-order chi connectivity index (χ0) is 12.4. The lowest BCUT2D eigenvalue weighted by Gasteiger charge is -2.10. The van der Waals surface area contributed by atoms with Crippen molar-refractivity contribution in [3.8, 4) is 0 Å². The first-order chi connectivity index (χ1) is 8.08. The minimum Gasteiger partial charge on any atom is -0.439 e. The molecule has 0 N–H and O–H groups in total. The summed E-state index contributed by atoms with van der Waals surface area (Å²) in [5.41, 5.74) is 0.425. The number of cyclic esters (lactones) is 1. The Labute approximate surface area is 95.7 Å². The lowest BCUT2D eigenvalue weighted by Crippen LogP contribution is -2.28. The molecule has 0 spiro atoms. The Bertz CT molecular complexity index is 483. The molecule has 2 rings (SSSR count). The molecular formula is C10H8N2O5. The Balaban J connectivity index is 2.18. The van der Waals surface area contributed by atoms with Gasteiger partial charge in [0.2, 0.25) is 0 Å². The second-order valence-electron chi connectivity index (χ2n) is 3.46. The van der Waals surface area contributed by atoms with Crippen molar-refractivity contribution < 1.29 is 19.2 Å². The van der Waals surface area contributed by atoms with Crippen LogP contribution < -0.4 is 0 Å². The Morgan fingerprint density at radius 1 is 1.41 bits per heavy atom. The van der Waals surface area contributed by atoms with Crippen molar-refractivity contribution in [1.82, 2.24) is 4.90 Å². The minimum atomic E-state index is -0.721. The zero-order valence-electron chi connectivity index (χ0n) is 8.66. The first kappa shape index (κ1) is 11.1. The first-order valence-electron chi connectivity index (χ1n) is 4.78. The first-order valence-corrected chi connectivity index (χ1v) is 4.78. The molecule has 1 aromatic rings. The number of imide groups is 1. The highest BCUT2D eigenvalue weighted by Gasteiger charge is 2.30. The maximum atomic E-state index is 11.3. The Kier molecular flexibility index (Phi) is 2.73. The number of ether oxygens (including phenoxy) is 1. The minimum absolute atomic E-state index is 0.0145. The molecule has 1 heterocycles. The van der Waals surface area contributed by atoms with Gasteiger partial charge in [-0.2, -0.15) is 0 Å². The number of benzene rings is 1. The standard InChI is InChI=1S/C10H8N2O5/c13-9-6-17-10(14)11(9)5-7-2-1-3-8(4-7)12(15)16/h1-4H,5-6H2. The Hall–Kier alpha value is -2.44. The average Bonchev–Trinajstić information content (AvgIpc) is 2.61. The van der Waals surface area contributed by atoms with Crippen molar-refractivity contribution in [1.29, 1.82) is 0 Å². The van der Waals surface area contributed by atoms with Crippen LogP contribution in [0.5, 0.6) is 0 Å². The third-order valence-corrected chi connectivity index (χ3v) is 2.30. The third-order valence-electron chi connectivity index (χ3n) is 2.30. The quantitative estimate of drug-likeness (QED) is 0.578. The molecule has 1 aromatic carbocycles. The van der Waals surface area contributed by atoms with Crippen molar-refractivity contribution in [3.63, 3.8) is 0 Å². The van der Waals surface area contributed by atoms with Gasteiger partial charge in [0.1, 0.15) is 0 Å². The maximum Gasteiger partial charge on any atom is 0.417 e. The van der Waals surface area contributed by atoms with E-state index >= 15 is 0 Å². The van der Waals surface area contributed by atoms with Crippen LogP contribution in [0.15, 0.2) is 24.3 Å². The van der Waals surface area contributed by atoms with Crippen LogP contribution in [0.3, 0.4) is 0 Å². The van der Waals surface area contributed by atoms with Gasteiger partial charge in [-0.3, -0.25) is 14.9 Å². The average molecular weight is 236 g/mol. The number of carbonyl (C=O) groups is 2. The van der Waals surface area contributed by atoms with E-state index in [1.165, 1.54) is 18.2 Å². The predicted molar refractivity (Wildman–Crippen MR) is 55.0 cm³/mol. The molecular weight excluding hydrogens is 228 g/mol. The van der Waals surface area contributed by atoms with Crippen LogP contribution in [0.4, 0.5) is 10.5 Å². The summed E-state index contributed by atoms with van der Waals surface area (Å²) in [6.45, 7) is -0.285. The monoisotopic (exact) mass is 236 g/mol. The van der Waals surface area contributed by atoms with E-state index < -0.39 is 16.9 Å². The van der Waals surface area contributed by atoms with Crippen molar-refractivity contribution in [2.45, 2.75) is 6.54 Å². The number of non-ortho nitro benzene ring substituents is 1. The van der Waals surface area contributed by atoms with E-state index in [1.54, 1.807) is 6.07 Å². The van der Waals surface area contributed by atoms with Crippen molar-refractivity contribution in [3.05, 3.63) is 39.9 Å². The van der Waals surface area contributed by atoms with E-state index in [0.29, 0.717) is 5.56 Å². The smallest absolute Gasteiger partial charge is 0.417 e. The second-order valence-corrected chi connectivity index (χ2v) is 3.46. The molecule has 1 aliphatic rings. The van der Waals surface area contributed by atoms with Crippen molar-refractivity contribution in [2.75, 3.05) is 6.61 Å². The Morgan fingerprint density at radius 3 is 2.76 bits per heavy atom. The van der Waals surface area contributed by atoms with Crippen molar-refractivity contribution in [2.24, 2.45) is 0 Å². The second kappa shape index (κ2) is 4.20. The summed E-state index contributed by atoms with van der Waals surface area (Å²) in [5, 5.41) is 10.6. The molecule has 88 valence electrons. The van der Waals surface area contributed by atoms with Crippen LogP contribution in [-0.2, 0) is 16.1 Å². The van der Waals surface area contributed by atoms with Crippen LogP contribution in [-0.4, -0.2) is 28.4 Å². The summed E-state index contributed by atoms with van der Waals surface area (Å²) in [7, 11) is 0. The number of hydrogen-bond acceptors (Lipinski definition) is 5. The van der Waals surface area contributed by atoms with Crippen LogP contribution in [0.25, 0.3) is 0 Å². The van der Waals surface area contributed by atoms with E-state index in [2.05, 4.69) is 4.74 Å². The highest BCUT2D eigenvalue weighted by molar-refractivity contribution is 5.97. The molecule has 0 aliphatic carbocycles. The molecule has 0 saturated carbocycles. The fourth-order valence-electron chi connectivity index (χ4n) is 1.48. The number of amides is 2. The van der Waals surface area contributed by atoms with Gasteiger partial charge < -0.3 is 4.74 Å². The van der Waals surface area contributed by atoms with Gasteiger partial charge in [-0.1, -0.05) is 12.1 Å². The highest BCUT2D eigenvalue weighted by atomic mass is 16.6. The number of carbonyl (C=O) groups excluding carboxylic acids is 2. The SMILES string of the molecule is O=C1COC(=O)N1Cc1cccc([N+](=O)[O-])c1. The number of nitro benzene ring substituents is 1. The molecule has 2 amide bonds. The van der Waals surface area contributed by atoms with Crippen LogP contribution >= 0.6 is 0 Å². The topological polar surface area (TPSA) is 89.8 Å². The molecule has 0 aromatic heterocycles. The zero-order valence-corrected chi connectivity index (χ0v) is 8.66. The molecule has 0 radical (unpaired) electrons. The van der Waals surface area contributed by atoms with Crippen LogP contribution in [0.1, 0.15) is 5.56 Å². The fraction of sp³-hybridized carbons (Fsp3) is 0.200. The van der Waals surface area contributed by atoms with Gasteiger partial charge in [0.25, 0.3) is 11.6 Å². The van der Waals surface area contributed by atoms with E-state index in [0.717, 1.165) is 4.90 Å². The van der Waals surface area contributed by atoms with Gasteiger partial charge in [-0.15, -0.1) is 0 Å². The van der Waals surface area contributed by atoms with E-state index in [9.17, 15) is 19.7 Å². The Morgan fingerprint density at radius 2 is 2.18 bits per heavy atom. The lowest BCUT2D eigenvalue weighted by molar-refractivity contribution is -0.384. The summed E-state index contributed by atoms with van der Waals surface area (Å²) in [5.74, 6) is -0.443. The summed E-state index contributed by atoms with van der Waals surface area (Å²) in [6.07, 6.45) is -0.721. The number of rotatable bonds is 3. The van der Waals surface area contributed by atoms with E-state index in [4.69, 9.17) is 0 Å². The highest BCUT2D eigenvalue weighted by Crippen LogP contribution is 2.16. The third kappa shape index (κ3) is 2.22. The van der Waals surface area contributed by atoms with Gasteiger partial charge in [-0.05, 0) is 5.56 Å². The maximum absolute atomic E-state index is 11.3. The predicted octanol–water partition coefficient (Wildman–Crippen LogP) is 1.07. The van der Waals surface area contributed by atoms with Gasteiger partial charge >= 0.3 is 6.09 Å². The lowest BCUT2D eigenvalue weighted by atomic mass is 10.2. The normalized spacial score (nSPS) is 14.9. The summed E-state index contributed by atoms with van der Waals surface area (Å²) in [4.78, 5) is 33.3. The van der Waals surface area contributed by atoms with E-state index in [1.807, 2.05) is 0 Å². The van der Waals surface area contributed by atoms with Crippen LogP contribution in [0, 0.1) is 10.1 Å². The summed E-state index contributed by atoms with van der Waals surface area (Å²) < 4.78 is 4.53. The molecule has 0 unspecified atom stereocenters. The fourth-order valence-corrected chi connectivity index (χ4v) is 1.48. The molecule has 0 atom stereocenters. The molecule has 7 heteroatoms. The van der Waals surface area contributed by atoms with E-state index in [-0.39, 0.29) is 18.8 Å². The largest absolute Gasteiger partial charge is 0.439 e.